The van der Waals surface area contributed by atoms with Crippen LogP contribution in [-0.2, 0) is 4.79 Å². The van der Waals surface area contributed by atoms with Crippen molar-refractivity contribution in [2.75, 3.05) is 26.7 Å². The fourth-order valence-corrected chi connectivity index (χ4v) is 3.16. The van der Waals surface area contributed by atoms with Gasteiger partial charge in [0.1, 0.15) is 0 Å². The molecule has 102 valence electrons. The lowest BCUT2D eigenvalue weighted by Crippen LogP contribution is -2.45. The molecule has 0 spiro atoms. The quantitative estimate of drug-likeness (QED) is 0.563. The highest BCUT2D eigenvalue weighted by Crippen LogP contribution is 2.35. The minimum absolute atomic E-state index is 0.152. The summed E-state index contributed by atoms with van der Waals surface area (Å²) in [6.07, 6.45) is 0.898. The lowest BCUT2D eigenvalue weighted by Gasteiger charge is -2.35. The average Bonchev–Trinajstić information content (AvgIpc) is 2.15. The highest BCUT2D eigenvalue weighted by Gasteiger charge is 2.35. The number of nitrogens with one attached hydrogen (secondary N) is 1. The Labute approximate surface area is 120 Å². The van der Waals surface area contributed by atoms with Crippen molar-refractivity contribution in [1.29, 1.82) is 0 Å². The number of likely N-dealkylation sites (N-methyl/N-ethyl adjacent to an activating group) is 2. The lowest BCUT2D eigenvalue weighted by molar-refractivity contribution is -0.140. The Morgan fingerprint density at radius 3 is 2.18 bits per heavy atom. The Balaban J connectivity index is 4.62. The van der Waals surface area contributed by atoms with E-state index in [-0.39, 0.29) is 14.7 Å². The number of halogens is 1. The first-order valence-corrected chi connectivity index (χ1v) is 7.35. The molecule has 0 saturated carbocycles. The van der Waals surface area contributed by atoms with Crippen molar-refractivity contribution < 1.29 is 4.79 Å². The Hall–Kier alpha value is 0.160. The molecule has 3 nitrogen and oxygen atoms in total. The minimum Gasteiger partial charge on any atom is -0.341 e. The second kappa shape index (κ2) is 6.92. The van der Waals surface area contributed by atoms with Gasteiger partial charge in [-0.3, -0.25) is 4.79 Å². The van der Waals surface area contributed by atoms with Gasteiger partial charge in [0.2, 0.25) is 5.91 Å². The van der Waals surface area contributed by atoms with Gasteiger partial charge >= 0.3 is 0 Å². The molecule has 0 saturated heterocycles. The van der Waals surface area contributed by atoms with Crippen LogP contribution in [0, 0.1) is 5.41 Å². The monoisotopic (exact) mass is 354 g/mol. The van der Waals surface area contributed by atoms with Crippen LogP contribution in [0.15, 0.2) is 0 Å². The topological polar surface area (TPSA) is 32.3 Å². The SMILES string of the molecule is CCN(CCNC)C(=O)C(C)(C)CC(C)(C)I. The summed E-state index contributed by atoms with van der Waals surface area (Å²) in [5.74, 6) is 0.264. The zero-order valence-corrected chi connectivity index (χ0v) is 14.2. The standard InChI is InChI=1S/C13H27IN2O/c1-7-16(9-8-15-6)11(17)12(2,3)10-13(4,5)14/h15H,7-10H2,1-6H3. The molecule has 0 atom stereocenters. The van der Waals surface area contributed by atoms with Crippen molar-refractivity contribution in [3.05, 3.63) is 0 Å². The molecule has 0 rings (SSSR count). The molecule has 0 aromatic carbocycles. The van der Waals surface area contributed by atoms with Crippen LogP contribution in [0.4, 0.5) is 0 Å². The molecule has 0 heterocycles. The van der Waals surface area contributed by atoms with Crippen molar-refractivity contribution in [2.45, 2.75) is 44.5 Å². The third kappa shape index (κ3) is 6.60. The van der Waals surface area contributed by atoms with Gasteiger partial charge in [0, 0.05) is 28.5 Å². The van der Waals surface area contributed by atoms with Crippen molar-refractivity contribution in [1.82, 2.24) is 10.2 Å². The molecule has 0 fully saturated rings. The van der Waals surface area contributed by atoms with E-state index >= 15 is 0 Å². The van der Waals surface area contributed by atoms with Gasteiger partial charge in [-0.2, -0.15) is 0 Å². The van der Waals surface area contributed by atoms with Gasteiger partial charge in [0.05, 0.1) is 0 Å². The molecule has 17 heavy (non-hydrogen) atoms. The van der Waals surface area contributed by atoms with E-state index in [4.69, 9.17) is 0 Å². The average molecular weight is 354 g/mol. The van der Waals surface area contributed by atoms with Gasteiger partial charge < -0.3 is 10.2 Å². The van der Waals surface area contributed by atoms with Gasteiger partial charge in [-0.05, 0) is 20.4 Å². The number of hydrogen-bond acceptors (Lipinski definition) is 2. The summed E-state index contributed by atoms with van der Waals surface area (Å²) in [7, 11) is 1.91. The molecule has 0 aliphatic rings. The second-order valence-corrected chi connectivity index (χ2v) is 8.69. The van der Waals surface area contributed by atoms with Gasteiger partial charge in [-0.15, -0.1) is 0 Å². The zero-order valence-electron chi connectivity index (χ0n) is 12.1. The van der Waals surface area contributed by atoms with Crippen LogP contribution in [0.5, 0.6) is 0 Å². The molecule has 0 aromatic heterocycles. The van der Waals surface area contributed by atoms with Crippen LogP contribution in [0.3, 0.4) is 0 Å². The third-order valence-electron chi connectivity index (χ3n) is 2.74. The van der Waals surface area contributed by atoms with E-state index in [1.165, 1.54) is 0 Å². The number of carbonyl (C=O) groups is 1. The van der Waals surface area contributed by atoms with Gasteiger partial charge in [-0.1, -0.05) is 50.3 Å². The van der Waals surface area contributed by atoms with Crippen LogP contribution in [-0.4, -0.2) is 40.9 Å². The van der Waals surface area contributed by atoms with E-state index in [0.717, 1.165) is 26.1 Å². The maximum absolute atomic E-state index is 12.5. The molecule has 0 bridgehead atoms. The molecular formula is C13H27IN2O. The Kier molecular flexibility index (Phi) is 6.99. The summed E-state index contributed by atoms with van der Waals surface area (Å²) in [5, 5.41) is 3.09. The van der Waals surface area contributed by atoms with Gasteiger partial charge in [0.15, 0.2) is 0 Å². The highest BCUT2D eigenvalue weighted by atomic mass is 127. The largest absolute Gasteiger partial charge is 0.341 e. The molecule has 4 heteroatoms. The second-order valence-electron chi connectivity index (χ2n) is 5.77. The minimum atomic E-state index is -0.283. The molecular weight excluding hydrogens is 327 g/mol. The number of rotatable bonds is 7. The predicted octanol–water partition coefficient (Wildman–Crippen LogP) is 2.68. The first-order valence-electron chi connectivity index (χ1n) is 6.27. The maximum Gasteiger partial charge on any atom is 0.228 e. The van der Waals surface area contributed by atoms with E-state index in [0.29, 0.717) is 0 Å². The van der Waals surface area contributed by atoms with Gasteiger partial charge in [0.25, 0.3) is 0 Å². The molecule has 0 unspecified atom stereocenters. The summed E-state index contributed by atoms with van der Waals surface area (Å²) in [6, 6.07) is 0. The molecule has 1 amide bonds. The Bertz CT molecular complexity index is 246. The molecule has 0 radical (unpaired) electrons. The van der Waals surface area contributed by atoms with Crippen molar-refractivity contribution in [2.24, 2.45) is 5.41 Å². The molecule has 0 aliphatic heterocycles. The summed E-state index contributed by atoms with van der Waals surface area (Å²) in [5.41, 5.74) is -0.283. The van der Waals surface area contributed by atoms with E-state index in [1.807, 2.05) is 18.9 Å². The molecule has 1 N–H and O–H groups in total. The lowest BCUT2D eigenvalue weighted by atomic mass is 9.82. The number of carbonyl (C=O) groups excluding carboxylic acids is 1. The number of amides is 1. The van der Waals surface area contributed by atoms with Crippen LogP contribution >= 0.6 is 22.6 Å². The Morgan fingerprint density at radius 2 is 1.82 bits per heavy atom. The molecule has 0 aromatic rings. The van der Waals surface area contributed by atoms with E-state index < -0.39 is 0 Å². The smallest absolute Gasteiger partial charge is 0.228 e. The Morgan fingerprint density at radius 1 is 1.29 bits per heavy atom. The first-order chi connectivity index (χ1) is 7.64. The summed E-state index contributed by atoms with van der Waals surface area (Å²) < 4.78 is 0.152. The zero-order chi connectivity index (χ0) is 13.7. The van der Waals surface area contributed by atoms with E-state index in [9.17, 15) is 4.79 Å². The first kappa shape index (κ1) is 17.2. The summed E-state index contributed by atoms with van der Waals surface area (Å²) in [4.78, 5) is 14.4. The van der Waals surface area contributed by atoms with Crippen molar-refractivity contribution in [3.63, 3.8) is 0 Å². The van der Waals surface area contributed by atoms with Crippen molar-refractivity contribution in [3.8, 4) is 0 Å². The number of nitrogens with zero attached hydrogens (tertiary/aromatic N) is 1. The summed E-state index contributed by atoms with van der Waals surface area (Å²) >= 11 is 2.42. The number of hydrogen-bond donors (Lipinski definition) is 1. The van der Waals surface area contributed by atoms with Crippen LogP contribution in [0.1, 0.15) is 41.0 Å². The fraction of sp³-hybridized carbons (Fsp3) is 0.923. The van der Waals surface area contributed by atoms with Crippen LogP contribution in [0.2, 0.25) is 0 Å². The van der Waals surface area contributed by atoms with Gasteiger partial charge in [-0.25, -0.2) is 0 Å². The predicted molar refractivity (Wildman–Crippen MR) is 82.7 cm³/mol. The van der Waals surface area contributed by atoms with E-state index in [1.54, 1.807) is 0 Å². The van der Waals surface area contributed by atoms with Crippen LogP contribution in [0.25, 0.3) is 0 Å². The highest BCUT2D eigenvalue weighted by molar-refractivity contribution is 14.1. The van der Waals surface area contributed by atoms with Crippen molar-refractivity contribution >= 4 is 28.5 Å². The fourth-order valence-electron chi connectivity index (χ4n) is 2.20. The normalized spacial score (nSPS) is 12.6. The van der Waals surface area contributed by atoms with Crippen LogP contribution < -0.4 is 5.32 Å². The van der Waals surface area contributed by atoms with E-state index in [2.05, 4.69) is 55.6 Å². The number of alkyl halides is 1. The maximum atomic E-state index is 12.5. The molecule has 0 aliphatic carbocycles. The third-order valence-corrected chi connectivity index (χ3v) is 3.12. The summed E-state index contributed by atoms with van der Waals surface area (Å²) in [6.45, 7) is 12.9.